The standard InChI is InChI=1S/C15H21N3O2S.HI/c16-15(18-5-9-21-10-6-18)17-4-3-12-1-2-13-14(11-12)20-8-7-19-13;/h1-2,11H,3-10H2,(H2,16,17);1H. The third kappa shape index (κ3) is 4.58. The maximum atomic E-state index is 6.05. The third-order valence-electron chi connectivity index (χ3n) is 3.62. The molecule has 5 nitrogen and oxygen atoms in total. The summed E-state index contributed by atoms with van der Waals surface area (Å²) in [5.74, 6) is 4.62. The van der Waals surface area contributed by atoms with E-state index in [1.807, 2.05) is 23.9 Å². The van der Waals surface area contributed by atoms with Gasteiger partial charge in [-0.1, -0.05) is 6.07 Å². The molecule has 0 amide bonds. The number of aliphatic imine (C=N–C) groups is 1. The second-order valence-electron chi connectivity index (χ2n) is 5.07. The van der Waals surface area contributed by atoms with Gasteiger partial charge < -0.3 is 20.1 Å². The van der Waals surface area contributed by atoms with Crippen LogP contribution < -0.4 is 15.2 Å². The van der Waals surface area contributed by atoms with E-state index in [9.17, 15) is 0 Å². The number of guanidine groups is 1. The van der Waals surface area contributed by atoms with E-state index in [0.29, 0.717) is 25.7 Å². The van der Waals surface area contributed by atoms with Gasteiger partial charge in [-0.2, -0.15) is 11.8 Å². The first-order valence-electron chi connectivity index (χ1n) is 7.34. The van der Waals surface area contributed by atoms with E-state index in [1.54, 1.807) is 0 Å². The second kappa shape index (κ2) is 8.71. The highest BCUT2D eigenvalue weighted by Crippen LogP contribution is 2.30. The van der Waals surface area contributed by atoms with Crippen LogP contribution in [0.1, 0.15) is 5.56 Å². The van der Waals surface area contributed by atoms with Crippen molar-refractivity contribution in [2.45, 2.75) is 6.42 Å². The van der Waals surface area contributed by atoms with Crippen LogP contribution in [0.5, 0.6) is 11.5 Å². The Kier molecular flexibility index (Phi) is 6.94. The van der Waals surface area contributed by atoms with Crippen molar-refractivity contribution in [2.24, 2.45) is 10.7 Å². The topological polar surface area (TPSA) is 60.1 Å². The van der Waals surface area contributed by atoms with Gasteiger partial charge in [0.25, 0.3) is 0 Å². The molecule has 0 atom stereocenters. The average Bonchev–Trinajstić information content (AvgIpc) is 2.55. The summed E-state index contributed by atoms with van der Waals surface area (Å²) in [4.78, 5) is 6.66. The first-order chi connectivity index (χ1) is 10.3. The minimum Gasteiger partial charge on any atom is -0.486 e. The number of hydrogen-bond acceptors (Lipinski definition) is 4. The van der Waals surface area contributed by atoms with Crippen LogP contribution in [0.25, 0.3) is 0 Å². The van der Waals surface area contributed by atoms with E-state index in [0.717, 1.165) is 42.5 Å². The number of nitrogens with two attached hydrogens (primary N) is 1. The minimum atomic E-state index is 0. The normalized spacial score (nSPS) is 17.8. The fraction of sp³-hybridized carbons (Fsp3) is 0.533. The molecule has 2 heterocycles. The summed E-state index contributed by atoms with van der Waals surface area (Å²) < 4.78 is 11.1. The molecule has 0 unspecified atom stereocenters. The van der Waals surface area contributed by atoms with Gasteiger partial charge in [0.2, 0.25) is 0 Å². The van der Waals surface area contributed by atoms with Crippen molar-refractivity contribution in [3.63, 3.8) is 0 Å². The summed E-state index contributed by atoms with van der Waals surface area (Å²) in [6.45, 7) is 3.96. The molecule has 1 aromatic rings. The van der Waals surface area contributed by atoms with Crippen LogP contribution in [-0.2, 0) is 6.42 Å². The Balaban J connectivity index is 0.00000176. The Morgan fingerprint density at radius 3 is 2.68 bits per heavy atom. The van der Waals surface area contributed by atoms with E-state index in [2.05, 4.69) is 16.0 Å². The van der Waals surface area contributed by atoms with Gasteiger partial charge in [0, 0.05) is 31.1 Å². The van der Waals surface area contributed by atoms with Gasteiger partial charge in [-0.15, -0.1) is 24.0 Å². The minimum absolute atomic E-state index is 0. The lowest BCUT2D eigenvalue weighted by Gasteiger charge is -2.27. The van der Waals surface area contributed by atoms with Crippen LogP contribution in [0.2, 0.25) is 0 Å². The molecule has 1 fully saturated rings. The molecule has 2 aliphatic rings. The van der Waals surface area contributed by atoms with Crippen molar-refractivity contribution in [2.75, 3.05) is 44.4 Å². The Morgan fingerprint density at radius 1 is 1.18 bits per heavy atom. The Bertz CT molecular complexity index is 522. The molecular weight excluding hydrogens is 413 g/mol. The molecule has 0 saturated carbocycles. The zero-order valence-electron chi connectivity index (χ0n) is 12.5. The smallest absolute Gasteiger partial charge is 0.191 e. The maximum absolute atomic E-state index is 6.05. The lowest BCUT2D eigenvalue weighted by molar-refractivity contribution is 0.171. The van der Waals surface area contributed by atoms with E-state index >= 15 is 0 Å². The number of ether oxygens (including phenoxy) is 2. The predicted molar refractivity (Wildman–Crippen MR) is 102 cm³/mol. The van der Waals surface area contributed by atoms with Crippen molar-refractivity contribution in [3.8, 4) is 11.5 Å². The number of benzene rings is 1. The first kappa shape index (κ1) is 17.5. The van der Waals surface area contributed by atoms with Crippen LogP contribution in [0.4, 0.5) is 0 Å². The van der Waals surface area contributed by atoms with Crippen LogP contribution >= 0.6 is 35.7 Å². The lowest BCUT2D eigenvalue weighted by Crippen LogP contribution is -2.42. The number of halogens is 1. The Hall–Kier alpha value is -0.830. The predicted octanol–water partition coefficient (Wildman–Crippen LogP) is 1.98. The van der Waals surface area contributed by atoms with Gasteiger partial charge in [-0.3, -0.25) is 4.99 Å². The van der Waals surface area contributed by atoms with E-state index in [4.69, 9.17) is 15.2 Å². The summed E-state index contributed by atoms with van der Waals surface area (Å²) >= 11 is 1.97. The summed E-state index contributed by atoms with van der Waals surface area (Å²) in [6, 6.07) is 6.08. The van der Waals surface area contributed by atoms with Gasteiger partial charge >= 0.3 is 0 Å². The summed E-state index contributed by atoms with van der Waals surface area (Å²) in [5.41, 5.74) is 7.24. The molecule has 0 bridgehead atoms. The zero-order valence-corrected chi connectivity index (χ0v) is 15.6. The van der Waals surface area contributed by atoms with Crippen LogP contribution in [0, 0.1) is 0 Å². The van der Waals surface area contributed by atoms with Gasteiger partial charge in [0.1, 0.15) is 13.2 Å². The molecule has 0 aromatic heterocycles. The maximum Gasteiger partial charge on any atom is 0.191 e. The molecule has 2 aliphatic heterocycles. The molecule has 1 saturated heterocycles. The SMILES string of the molecule is I.NC(=NCCc1ccc2c(c1)OCCO2)N1CCSCC1. The molecule has 1 aromatic carbocycles. The summed E-state index contributed by atoms with van der Waals surface area (Å²) in [5, 5.41) is 0. The largest absolute Gasteiger partial charge is 0.486 e. The van der Waals surface area contributed by atoms with E-state index in [1.165, 1.54) is 5.56 Å². The number of thioether (sulfide) groups is 1. The summed E-state index contributed by atoms with van der Waals surface area (Å²) in [7, 11) is 0. The highest BCUT2D eigenvalue weighted by atomic mass is 127. The van der Waals surface area contributed by atoms with Crippen LogP contribution in [0.3, 0.4) is 0 Å². The monoisotopic (exact) mass is 435 g/mol. The number of fused-ring (bicyclic) bond motifs is 1. The number of nitrogens with zero attached hydrogens (tertiary/aromatic N) is 2. The molecular formula is C15H22IN3O2S. The molecule has 2 N–H and O–H groups in total. The molecule has 0 radical (unpaired) electrons. The van der Waals surface area contributed by atoms with Crippen molar-refractivity contribution in [1.29, 1.82) is 0 Å². The van der Waals surface area contributed by atoms with Crippen molar-refractivity contribution < 1.29 is 9.47 Å². The number of hydrogen-bond donors (Lipinski definition) is 1. The van der Waals surface area contributed by atoms with Crippen LogP contribution in [-0.4, -0.2) is 55.2 Å². The molecule has 0 aliphatic carbocycles. The van der Waals surface area contributed by atoms with Gasteiger partial charge in [0.15, 0.2) is 17.5 Å². The Morgan fingerprint density at radius 2 is 1.91 bits per heavy atom. The highest BCUT2D eigenvalue weighted by Gasteiger charge is 2.13. The average molecular weight is 435 g/mol. The van der Waals surface area contributed by atoms with Crippen molar-refractivity contribution in [1.82, 2.24) is 4.90 Å². The van der Waals surface area contributed by atoms with Gasteiger partial charge in [0.05, 0.1) is 0 Å². The van der Waals surface area contributed by atoms with Crippen LogP contribution in [0.15, 0.2) is 23.2 Å². The number of rotatable bonds is 3. The fourth-order valence-electron chi connectivity index (χ4n) is 2.44. The van der Waals surface area contributed by atoms with Crippen molar-refractivity contribution >= 4 is 41.7 Å². The summed E-state index contributed by atoms with van der Waals surface area (Å²) in [6.07, 6.45) is 0.861. The van der Waals surface area contributed by atoms with Crippen molar-refractivity contribution in [3.05, 3.63) is 23.8 Å². The quantitative estimate of drug-likeness (QED) is 0.447. The van der Waals surface area contributed by atoms with E-state index < -0.39 is 0 Å². The fourth-order valence-corrected chi connectivity index (χ4v) is 3.34. The second-order valence-corrected chi connectivity index (χ2v) is 6.29. The van der Waals surface area contributed by atoms with E-state index in [-0.39, 0.29) is 24.0 Å². The molecule has 122 valence electrons. The lowest BCUT2D eigenvalue weighted by atomic mass is 10.1. The first-order valence-corrected chi connectivity index (χ1v) is 8.49. The highest BCUT2D eigenvalue weighted by molar-refractivity contribution is 14.0. The van der Waals surface area contributed by atoms with Gasteiger partial charge in [-0.25, -0.2) is 0 Å². The Labute approximate surface area is 152 Å². The molecule has 22 heavy (non-hydrogen) atoms. The molecule has 7 heteroatoms. The molecule has 3 rings (SSSR count). The van der Waals surface area contributed by atoms with Gasteiger partial charge in [-0.05, 0) is 24.1 Å². The molecule has 0 spiro atoms. The third-order valence-corrected chi connectivity index (χ3v) is 4.56. The zero-order chi connectivity index (χ0) is 14.5.